The molecule has 2 atom stereocenters. The molecule has 170 valence electrons. The standard InChI is InChI=1S/C21H34N2O6S/c1-12(2)9-17(24)28-16(18-22-14(11-30-18)19(25)26)10-15(13(3)4)23(8)20(27)29-21(5,6)7/h11-13,15-16H,9-10H2,1-8H3,(H,25,26)/t15-,16-/m0/s1. The molecule has 30 heavy (non-hydrogen) atoms. The number of thiazole rings is 1. The number of carbonyl (C=O) groups excluding carboxylic acids is 2. The van der Waals surface area contributed by atoms with Crippen LogP contribution in [0, 0.1) is 11.8 Å². The first-order chi connectivity index (χ1) is 13.7. The predicted molar refractivity (Wildman–Crippen MR) is 115 cm³/mol. The topological polar surface area (TPSA) is 106 Å². The Bertz CT molecular complexity index is 738. The van der Waals surface area contributed by atoms with Crippen molar-refractivity contribution in [1.29, 1.82) is 0 Å². The van der Waals surface area contributed by atoms with Gasteiger partial charge in [0.2, 0.25) is 0 Å². The number of carboxylic acid groups (broad SMARTS) is 1. The van der Waals surface area contributed by atoms with E-state index in [9.17, 15) is 19.5 Å². The quantitative estimate of drug-likeness (QED) is 0.550. The summed E-state index contributed by atoms with van der Waals surface area (Å²) in [5.41, 5.74) is -0.733. The Kier molecular flexibility index (Phi) is 9.27. The summed E-state index contributed by atoms with van der Waals surface area (Å²) in [7, 11) is 1.65. The van der Waals surface area contributed by atoms with Gasteiger partial charge in [-0.3, -0.25) is 4.79 Å². The van der Waals surface area contributed by atoms with Crippen molar-refractivity contribution in [3.05, 3.63) is 16.1 Å². The summed E-state index contributed by atoms with van der Waals surface area (Å²) in [6.07, 6.45) is -0.711. The first-order valence-corrected chi connectivity index (χ1v) is 10.9. The number of esters is 1. The van der Waals surface area contributed by atoms with E-state index in [0.717, 1.165) is 11.3 Å². The average Bonchev–Trinajstić information content (AvgIpc) is 3.05. The number of rotatable bonds is 9. The Balaban J connectivity index is 3.14. The number of hydrogen-bond acceptors (Lipinski definition) is 7. The van der Waals surface area contributed by atoms with E-state index < -0.39 is 23.8 Å². The summed E-state index contributed by atoms with van der Waals surface area (Å²) in [6.45, 7) is 13.1. The van der Waals surface area contributed by atoms with Crippen molar-refractivity contribution in [1.82, 2.24) is 9.88 Å². The number of hydrogen-bond donors (Lipinski definition) is 1. The van der Waals surface area contributed by atoms with E-state index in [2.05, 4.69) is 4.98 Å². The lowest BCUT2D eigenvalue weighted by atomic mass is 9.96. The van der Waals surface area contributed by atoms with Crippen LogP contribution < -0.4 is 0 Å². The molecule has 1 aromatic rings. The number of nitrogens with zero attached hydrogens (tertiary/aromatic N) is 2. The summed E-state index contributed by atoms with van der Waals surface area (Å²) < 4.78 is 11.2. The lowest BCUT2D eigenvalue weighted by molar-refractivity contribution is -0.151. The van der Waals surface area contributed by atoms with Gasteiger partial charge in [0.25, 0.3) is 0 Å². The van der Waals surface area contributed by atoms with Crippen LogP contribution in [0.5, 0.6) is 0 Å². The van der Waals surface area contributed by atoms with Gasteiger partial charge in [0, 0.05) is 31.3 Å². The minimum absolute atomic E-state index is 0.0349. The van der Waals surface area contributed by atoms with Gasteiger partial charge in [-0.2, -0.15) is 0 Å². The van der Waals surface area contributed by atoms with E-state index in [1.807, 2.05) is 27.7 Å². The van der Waals surface area contributed by atoms with Gasteiger partial charge in [0.05, 0.1) is 0 Å². The summed E-state index contributed by atoms with van der Waals surface area (Å²) in [4.78, 5) is 41.8. The summed E-state index contributed by atoms with van der Waals surface area (Å²) >= 11 is 1.13. The van der Waals surface area contributed by atoms with Crippen molar-refractivity contribution in [3.8, 4) is 0 Å². The van der Waals surface area contributed by atoms with Crippen LogP contribution in [-0.4, -0.2) is 51.7 Å². The van der Waals surface area contributed by atoms with Crippen LogP contribution in [0.1, 0.15) is 82.9 Å². The Morgan fingerprint density at radius 1 is 1.20 bits per heavy atom. The normalized spacial score (nSPS) is 13.8. The Morgan fingerprint density at radius 3 is 2.23 bits per heavy atom. The maximum Gasteiger partial charge on any atom is 0.410 e. The van der Waals surface area contributed by atoms with Gasteiger partial charge in [0.15, 0.2) is 11.8 Å². The minimum atomic E-state index is -1.14. The van der Waals surface area contributed by atoms with Crippen molar-refractivity contribution in [2.75, 3.05) is 7.05 Å². The first-order valence-electron chi connectivity index (χ1n) is 10.0. The van der Waals surface area contributed by atoms with E-state index in [0.29, 0.717) is 5.01 Å². The third kappa shape index (κ3) is 8.30. The van der Waals surface area contributed by atoms with Crippen LogP contribution >= 0.6 is 11.3 Å². The van der Waals surface area contributed by atoms with Gasteiger partial charge in [-0.25, -0.2) is 14.6 Å². The van der Waals surface area contributed by atoms with Gasteiger partial charge in [0.1, 0.15) is 10.6 Å². The molecular weight excluding hydrogens is 408 g/mol. The fourth-order valence-electron chi connectivity index (χ4n) is 2.84. The number of ether oxygens (including phenoxy) is 2. The Morgan fingerprint density at radius 2 is 1.80 bits per heavy atom. The third-order valence-corrected chi connectivity index (χ3v) is 5.21. The SMILES string of the molecule is CC(C)CC(=O)O[C@@H](C[C@@H](C(C)C)N(C)C(=O)OC(C)(C)C)c1nc(C(=O)O)cs1. The second-order valence-electron chi connectivity index (χ2n) is 9.09. The first kappa shape index (κ1) is 25.9. The van der Waals surface area contributed by atoms with Gasteiger partial charge < -0.3 is 19.5 Å². The molecule has 0 unspecified atom stereocenters. The number of aromatic nitrogens is 1. The molecule has 0 bridgehead atoms. The van der Waals surface area contributed by atoms with Gasteiger partial charge in [-0.1, -0.05) is 27.7 Å². The molecule has 0 spiro atoms. The maximum absolute atomic E-state index is 12.6. The van der Waals surface area contributed by atoms with Crippen molar-refractivity contribution < 1.29 is 29.0 Å². The van der Waals surface area contributed by atoms with Crippen molar-refractivity contribution in [2.24, 2.45) is 11.8 Å². The van der Waals surface area contributed by atoms with Crippen molar-refractivity contribution >= 4 is 29.4 Å². The van der Waals surface area contributed by atoms with E-state index in [1.54, 1.807) is 27.8 Å². The summed E-state index contributed by atoms with van der Waals surface area (Å²) in [5, 5.41) is 11.0. The van der Waals surface area contributed by atoms with E-state index in [-0.39, 0.29) is 42.4 Å². The van der Waals surface area contributed by atoms with Gasteiger partial charge in [-0.05, 0) is 32.6 Å². The Hall–Kier alpha value is -2.16. The molecule has 0 aliphatic rings. The van der Waals surface area contributed by atoms with E-state index >= 15 is 0 Å². The molecular formula is C21H34N2O6S. The van der Waals surface area contributed by atoms with Gasteiger partial charge in [-0.15, -0.1) is 11.3 Å². The van der Waals surface area contributed by atoms with Crippen LogP contribution in [0.4, 0.5) is 4.79 Å². The molecule has 1 rings (SSSR count). The molecule has 0 radical (unpaired) electrons. The highest BCUT2D eigenvalue weighted by Crippen LogP contribution is 2.31. The smallest absolute Gasteiger partial charge is 0.410 e. The van der Waals surface area contributed by atoms with E-state index in [4.69, 9.17) is 9.47 Å². The monoisotopic (exact) mass is 442 g/mol. The lowest BCUT2D eigenvalue weighted by Crippen LogP contribution is -2.44. The highest BCUT2D eigenvalue weighted by Gasteiger charge is 2.33. The molecule has 0 fully saturated rings. The number of carboxylic acids is 1. The molecule has 0 saturated carbocycles. The second-order valence-corrected chi connectivity index (χ2v) is 9.98. The van der Waals surface area contributed by atoms with Crippen LogP contribution in [-0.2, 0) is 14.3 Å². The van der Waals surface area contributed by atoms with E-state index in [1.165, 1.54) is 10.3 Å². The number of carbonyl (C=O) groups is 3. The minimum Gasteiger partial charge on any atom is -0.476 e. The molecule has 0 aliphatic carbocycles. The fourth-order valence-corrected chi connectivity index (χ4v) is 3.67. The molecule has 1 N–H and O–H groups in total. The highest BCUT2D eigenvalue weighted by molar-refractivity contribution is 7.09. The fraction of sp³-hybridized carbons (Fsp3) is 0.714. The zero-order valence-electron chi connectivity index (χ0n) is 19.1. The van der Waals surface area contributed by atoms with Crippen molar-refractivity contribution in [3.63, 3.8) is 0 Å². The number of amides is 1. The molecule has 9 heteroatoms. The Labute approximate surface area is 182 Å². The van der Waals surface area contributed by atoms with Crippen LogP contribution in [0.3, 0.4) is 0 Å². The third-order valence-electron chi connectivity index (χ3n) is 4.27. The van der Waals surface area contributed by atoms with Crippen LogP contribution in [0.25, 0.3) is 0 Å². The molecule has 0 saturated heterocycles. The summed E-state index contributed by atoms with van der Waals surface area (Å²) in [6, 6.07) is -0.311. The number of aromatic carboxylic acids is 1. The summed E-state index contributed by atoms with van der Waals surface area (Å²) in [5.74, 6) is -1.37. The molecule has 1 aromatic heterocycles. The highest BCUT2D eigenvalue weighted by atomic mass is 32.1. The molecule has 1 amide bonds. The maximum atomic E-state index is 12.6. The molecule has 0 aromatic carbocycles. The largest absolute Gasteiger partial charge is 0.476 e. The van der Waals surface area contributed by atoms with Crippen LogP contribution in [0.2, 0.25) is 0 Å². The molecule has 8 nitrogen and oxygen atoms in total. The zero-order valence-corrected chi connectivity index (χ0v) is 19.9. The van der Waals surface area contributed by atoms with Crippen LogP contribution in [0.15, 0.2) is 5.38 Å². The second kappa shape index (κ2) is 10.7. The van der Waals surface area contributed by atoms with Crippen molar-refractivity contribution in [2.45, 2.75) is 79.1 Å². The van der Waals surface area contributed by atoms with Gasteiger partial charge >= 0.3 is 18.0 Å². The lowest BCUT2D eigenvalue weighted by Gasteiger charge is -2.34. The predicted octanol–water partition coefficient (Wildman–Crippen LogP) is 4.75. The molecule has 0 aliphatic heterocycles. The molecule has 1 heterocycles. The average molecular weight is 443 g/mol. The zero-order chi connectivity index (χ0) is 23.2.